The minimum absolute atomic E-state index is 0.158. The molecule has 1 rings (SSSR count). The van der Waals surface area contributed by atoms with Crippen molar-refractivity contribution in [2.24, 2.45) is 0 Å². The zero-order valence-electron chi connectivity index (χ0n) is 7.57. The van der Waals surface area contributed by atoms with Crippen molar-refractivity contribution in [3.05, 3.63) is 17.6 Å². The molecule has 0 aromatic carbocycles. The second kappa shape index (κ2) is 3.84. The molecular weight excluding hydrogens is 170 g/mol. The number of nitrogens with zero attached hydrogens (tertiary/aromatic N) is 2. The zero-order valence-corrected chi connectivity index (χ0v) is 7.57. The van der Waals surface area contributed by atoms with E-state index >= 15 is 0 Å². The molecule has 0 unspecified atom stereocenters. The van der Waals surface area contributed by atoms with Gasteiger partial charge in [0.2, 0.25) is 0 Å². The van der Waals surface area contributed by atoms with Crippen molar-refractivity contribution in [3.63, 3.8) is 0 Å². The topological polar surface area (TPSA) is 78.1 Å². The number of carbonyl (C=O) groups is 1. The maximum Gasteiger partial charge on any atom is 0.343 e. The fraction of sp³-hybridized carbons (Fsp3) is 0.375. The van der Waals surface area contributed by atoms with E-state index in [1.807, 2.05) is 0 Å². The van der Waals surface area contributed by atoms with Crippen molar-refractivity contribution >= 4 is 11.8 Å². The third-order valence-electron chi connectivity index (χ3n) is 1.43. The third kappa shape index (κ3) is 2.14. The Balaban J connectivity index is 2.95. The van der Waals surface area contributed by atoms with Gasteiger partial charge in [-0.05, 0) is 13.8 Å². The Morgan fingerprint density at radius 3 is 2.92 bits per heavy atom. The van der Waals surface area contributed by atoms with Gasteiger partial charge in [0.15, 0.2) is 0 Å². The van der Waals surface area contributed by atoms with E-state index in [1.165, 1.54) is 6.20 Å². The summed E-state index contributed by atoms with van der Waals surface area (Å²) in [6, 6.07) is 0. The summed E-state index contributed by atoms with van der Waals surface area (Å²) < 4.78 is 4.75. The first-order valence-corrected chi connectivity index (χ1v) is 3.91. The molecule has 0 bridgehead atoms. The predicted octanol–water partition coefficient (Wildman–Crippen LogP) is 0.544. The Morgan fingerprint density at radius 1 is 1.69 bits per heavy atom. The molecule has 0 spiro atoms. The molecule has 1 heterocycles. The molecule has 5 nitrogen and oxygen atoms in total. The molecule has 0 radical (unpaired) electrons. The molecule has 70 valence electrons. The molecule has 1 aromatic heterocycles. The summed E-state index contributed by atoms with van der Waals surface area (Å²) in [5, 5.41) is 0. The molecule has 0 atom stereocenters. The van der Waals surface area contributed by atoms with Crippen LogP contribution in [0.15, 0.2) is 6.20 Å². The van der Waals surface area contributed by atoms with Gasteiger partial charge in [0, 0.05) is 6.20 Å². The van der Waals surface area contributed by atoms with Gasteiger partial charge >= 0.3 is 5.97 Å². The predicted molar refractivity (Wildman–Crippen MR) is 47.1 cm³/mol. The molecule has 0 aliphatic heterocycles. The van der Waals surface area contributed by atoms with Gasteiger partial charge in [-0.15, -0.1) is 0 Å². The highest BCUT2D eigenvalue weighted by atomic mass is 16.5. The van der Waals surface area contributed by atoms with Gasteiger partial charge in [-0.3, -0.25) is 0 Å². The van der Waals surface area contributed by atoms with Crippen LogP contribution in [0.1, 0.15) is 23.1 Å². The van der Waals surface area contributed by atoms with Gasteiger partial charge < -0.3 is 10.5 Å². The maximum atomic E-state index is 11.2. The Morgan fingerprint density at radius 2 is 2.38 bits per heavy atom. The molecule has 0 fully saturated rings. The van der Waals surface area contributed by atoms with E-state index in [-0.39, 0.29) is 11.4 Å². The first kappa shape index (κ1) is 9.44. The number of nitrogen functional groups attached to an aromatic ring is 1. The van der Waals surface area contributed by atoms with Crippen molar-refractivity contribution in [2.75, 3.05) is 12.3 Å². The first-order valence-electron chi connectivity index (χ1n) is 3.91. The van der Waals surface area contributed by atoms with Crippen LogP contribution in [0, 0.1) is 6.92 Å². The van der Waals surface area contributed by atoms with E-state index in [0.29, 0.717) is 12.4 Å². The van der Waals surface area contributed by atoms with Crippen LogP contribution in [-0.4, -0.2) is 22.5 Å². The van der Waals surface area contributed by atoms with Crippen LogP contribution in [0.4, 0.5) is 5.82 Å². The summed E-state index contributed by atoms with van der Waals surface area (Å²) in [5.41, 5.74) is 5.72. The highest BCUT2D eigenvalue weighted by molar-refractivity contribution is 5.93. The van der Waals surface area contributed by atoms with Crippen LogP contribution in [-0.2, 0) is 4.74 Å². The summed E-state index contributed by atoms with van der Waals surface area (Å²) in [5.74, 6) is 0.205. The fourth-order valence-electron chi connectivity index (χ4n) is 0.854. The molecule has 0 saturated heterocycles. The molecule has 5 heteroatoms. The number of ether oxygens (including phenoxy) is 1. The summed E-state index contributed by atoms with van der Waals surface area (Å²) in [7, 11) is 0. The third-order valence-corrected chi connectivity index (χ3v) is 1.43. The first-order chi connectivity index (χ1) is 6.15. The normalized spacial score (nSPS) is 9.69. The summed E-state index contributed by atoms with van der Waals surface area (Å²) in [6.07, 6.45) is 1.37. The second-order valence-corrected chi connectivity index (χ2v) is 2.44. The highest BCUT2D eigenvalue weighted by Crippen LogP contribution is 2.08. The fourth-order valence-corrected chi connectivity index (χ4v) is 0.854. The van der Waals surface area contributed by atoms with Crippen molar-refractivity contribution < 1.29 is 9.53 Å². The molecule has 1 aromatic rings. The Bertz CT molecular complexity index is 325. The maximum absolute atomic E-state index is 11.2. The standard InChI is InChI=1S/C8H11N3O2/c1-3-13-8(12)6-4-10-5(2)11-7(6)9/h4H,3H2,1-2H3,(H2,9,10,11). The van der Waals surface area contributed by atoms with Gasteiger partial charge in [-0.25, -0.2) is 14.8 Å². The van der Waals surface area contributed by atoms with Gasteiger partial charge in [0.1, 0.15) is 17.2 Å². The van der Waals surface area contributed by atoms with Gasteiger partial charge in [-0.1, -0.05) is 0 Å². The van der Waals surface area contributed by atoms with E-state index in [2.05, 4.69) is 9.97 Å². The Kier molecular flexibility index (Phi) is 2.79. The molecule has 2 N–H and O–H groups in total. The molecule has 0 aliphatic carbocycles. The van der Waals surface area contributed by atoms with E-state index in [4.69, 9.17) is 10.5 Å². The number of hydrogen-bond donors (Lipinski definition) is 1. The number of anilines is 1. The van der Waals surface area contributed by atoms with Crippen molar-refractivity contribution in [3.8, 4) is 0 Å². The lowest BCUT2D eigenvalue weighted by Crippen LogP contribution is -2.10. The lowest BCUT2D eigenvalue weighted by atomic mass is 10.3. The van der Waals surface area contributed by atoms with E-state index in [0.717, 1.165) is 0 Å². The van der Waals surface area contributed by atoms with Crippen LogP contribution >= 0.6 is 0 Å². The average Bonchev–Trinajstić information content (AvgIpc) is 2.04. The number of nitrogens with two attached hydrogens (primary N) is 1. The zero-order chi connectivity index (χ0) is 9.84. The number of rotatable bonds is 2. The van der Waals surface area contributed by atoms with Crippen LogP contribution in [0.2, 0.25) is 0 Å². The van der Waals surface area contributed by atoms with E-state index in [9.17, 15) is 4.79 Å². The van der Waals surface area contributed by atoms with Crippen LogP contribution in [0.3, 0.4) is 0 Å². The minimum atomic E-state index is -0.486. The number of hydrogen-bond acceptors (Lipinski definition) is 5. The largest absolute Gasteiger partial charge is 0.462 e. The van der Waals surface area contributed by atoms with Crippen LogP contribution in [0.5, 0.6) is 0 Å². The van der Waals surface area contributed by atoms with Crippen LogP contribution in [0.25, 0.3) is 0 Å². The van der Waals surface area contributed by atoms with E-state index in [1.54, 1.807) is 13.8 Å². The van der Waals surface area contributed by atoms with Gasteiger partial charge in [0.05, 0.1) is 6.61 Å². The van der Waals surface area contributed by atoms with E-state index < -0.39 is 5.97 Å². The molecule has 0 amide bonds. The number of aromatic nitrogens is 2. The SMILES string of the molecule is CCOC(=O)c1cnc(C)nc1N. The minimum Gasteiger partial charge on any atom is -0.462 e. The van der Waals surface area contributed by atoms with Crippen molar-refractivity contribution in [1.29, 1.82) is 0 Å². The smallest absolute Gasteiger partial charge is 0.343 e. The van der Waals surface area contributed by atoms with Crippen molar-refractivity contribution in [2.45, 2.75) is 13.8 Å². The molecule has 13 heavy (non-hydrogen) atoms. The lowest BCUT2D eigenvalue weighted by molar-refractivity contribution is 0.0526. The molecule has 0 saturated carbocycles. The van der Waals surface area contributed by atoms with Gasteiger partial charge in [0.25, 0.3) is 0 Å². The quantitative estimate of drug-likeness (QED) is 0.674. The summed E-state index contributed by atoms with van der Waals surface area (Å²) >= 11 is 0. The molecule has 0 aliphatic rings. The Labute approximate surface area is 75.9 Å². The average molecular weight is 181 g/mol. The molecular formula is C8H11N3O2. The number of carbonyl (C=O) groups excluding carboxylic acids is 1. The van der Waals surface area contributed by atoms with Gasteiger partial charge in [-0.2, -0.15) is 0 Å². The lowest BCUT2D eigenvalue weighted by Gasteiger charge is -2.03. The Hall–Kier alpha value is -1.65. The summed E-state index contributed by atoms with van der Waals surface area (Å²) in [6.45, 7) is 3.74. The second-order valence-electron chi connectivity index (χ2n) is 2.44. The monoisotopic (exact) mass is 181 g/mol. The number of esters is 1. The van der Waals surface area contributed by atoms with Crippen molar-refractivity contribution in [1.82, 2.24) is 9.97 Å². The number of aryl methyl sites for hydroxylation is 1. The van der Waals surface area contributed by atoms with Crippen LogP contribution < -0.4 is 5.73 Å². The summed E-state index contributed by atoms with van der Waals surface area (Å²) in [4.78, 5) is 18.9. The highest BCUT2D eigenvalue weighted by Gasteiger charge is 2.11.